The van der Waals surface area contributed by atoms with Crippen molar-refractivity contribution in [2.75, 3.05) is 5.32 Å². The summed E-state index contributed by atoms with van der Waals surface area (Å²) in [5, 5.41) is 7.92. The molecule has 0 saturated heterocycles. The normalized spacial score (nSPS) is 10.8. The van der Waals surface area contributed by atoms with Crippen LogP contribution in [0.5, 0.6) is 5.75 Å². The quantitative estimate of drug-likeness (QED) is 0.359. The predicted molar refractivity (Wildman–Crippen MR) is 127 cm³/mol. The van der Waals surface area contributed by atoms with Crippen LogP contribution < -0.4 is 10.1 Å². The molecule has 1 heterocycles. The Bertz CT molecular complexity index is 1260. The average Bonchev–Trinajstić information content (AvgIpc) is 3.13. The summed E-state index contributed by atoms with van der Waals surface area (Å²) in [6.45, 7) is 2.39. The maximum absolute atomic E-state index is 14.0. The molecule has 1 aromatic heterocycles. The highest BCUT2D eigenvalue weighted by atomic mass is 35.5. The number of ether oxygens (including phenoxy) is 1. The van der Waals surface area contributed by atoms with Crippen molar-refractivity contribution in [2.45, 2.75) is 26.5 Å². The van der Waals surface area contributed by atoms with Crippen LogP contribution in [-0.4, -0.2) is 15.7 Å². The van der Waals surface area contributed by atoms with E-state index in [0.29, 0.717) is 28.7 Å². The number of amides is 1. The minimum atomic E-state index is -0.313. The molecule has 33 heavy (non-hydrogen) atoms. The van der Waals surface area contributed by atoms with E-state index in [1.807, 2.05) is 43.3 Å². The molecule has 168 valence electrons. The average molecular weight is 464 g/mol. The van der Waals surface area contributed by atoms with E-state index in [2.05, 4.69) is 10.4 Å². The van der Waals surface area contributed by atoms with E-state index in [1.54, 1.807) is 41.1 Å². The van der Waals surface area contributed by atoms with Crippen LogP contribution in [0.25, 0.3) is 0 Å². The number of hydrogen-bond donors (Lipinski definition) is 1. The Labute approximate surface area is 196 Å². The van der Waals surface area contributed by atoms with E-state index >= 15 is 0 Å². The Balaban J connectivity index is 1.46. The number of rotatable bonds is 8. The lowest BCUT2D eigenvalue weighted by atomic mass is 10.1. The number of nitrogens with zero attached hydrogens (tertiary/aromatic N) is 2. The fraction of sp³-hybridized carbons (Fsp3) is 0.154. The van der Waals surface area contributed by atoms with Crippen molar-refractivity contribution >= 4 is 23.3 Å². The van der Waals surface area contributed by atoms with Gasteiger partial charge in [0.15, 0.2) is 5.82 Å². The Morgan fingerprint density at radius 3 is 2.58 bits per heavy atom. The van der Waals surface area contributed by atoms with Crippen LogP contribution >= 0.6 is 11.6 Å². The van der Waals surface area contributed by atoms with E-state index in [4.69, 9.17) is 16.3 Å². The van der Waals surface area contributed by atoms with Gasteiger partial charge in [-0.1, -0.05) is 60.1 Å². The van der Waals surface area contributed by atoms with Gasteiger partial charge in [-0.25, -0.2) is 4.39 Å². The van der Waals surface area contributed by atoms with Crippen molar-refractivity contribution in [3.05, 3.63) is 112 Å². The zero-order valence-electron chi connectivity index (χ0n) is 18.1. The van der Waals surface area contributed by atoms with Gasteiger partial charge in [-0.15, -0.1) is 0 Å². The Morgan fingerprint density at radius 1 is 1.03 bits per heavy atom. The number of nitrogens with one attached hydrogen (secondary N) is 1. The lowest BCUT2D eigenvalue weighted by Crippen LogP contribution is -2.15. The summed E-state index contributed by atoms with van der Waals surface area (Å²) in [7, 11) is 0. The second-order valence-corrected chi connectivity index (χ2v) is 8.11. The molecular weight excluding hydrogens is 441 g/mol. The molecule has 5 nitrogen and oxygen atoms in total. The summed E-state index contributed by atoms with van der Waals surface area (Å²) in [5.74, 6) is 0.617. The minimum absolute atomic E-state index is 0.0974. The summed E-state index contributed by atoms with van der Waals surface area (Å²) in [5.41, 5.74) is 3.07. The van der Waals surface area contributed by atoms with Gasteiger partial charge in [-0.3, -0.25) is 9.48 Å². The lowest BCUT2D eigenvalue weighted by Gasteiger charge is -2.13. The first-order valence-electron chi connectivity index (χ1n) is 10.5. The van der Waals surface area contributed by atoms with Crippen molar-refractivity contribution < 1.29 is 13.9 Å². The number of anilines is 1. The molecule has 0 aliphatic rings. The van der Waals surface area contributed by atoms with Gasteiger partial charge in [-0.2, -0.15) is 5.10 Å². The van der Waals surface area contributed by atoms with Crippen molar-refractivity contribution in [1.82, 2.24) is 9.78 Å². The van der Waals surface area contributed by atoms with Crippen molar-refractivity contribution in [3.8, 4) is 5.75 Å². The van der Waals surface area contributed by atoms with Gasteiger partial charge in [0.05, 0.1) is 13.0 Å². The summed E-state index contributed by atoms with van der Waals surface area (Å²) in [6.07, 6.45) is 0.273. The Hall–Kier alpha value is -3.64. The molecule has 0 fully saturated rings. The number of halogens is 2. The van der Waals surface area contributed by atoms with Crippen molar-refractivity contribution in [1.29, 1.82) is 0 Å². The highest BCUT2D eigenvalue weighted by molar-refractivity contribution is 6.30. The van der Waals surface area contributed by atoms with Crippen LogP contribution in [0.2, 0.25) is 5.02 Å². The fourth-order valence-electron chi connectivity index (χ4n) is 3.44. The first kappa shape index (κ1) is 22.6. The standard InChI is InChI=1S/C26H23ClFN3O2/c1-18-13-25(29-26(32)14-19-7-3-2-4-8-19)30-31(18)16-21-15-22(27)11-12-24(21)33-17-20-9-5-6-10-23(20)28/h2-13,15H,14,16-17H2,1H3,(H,29,30,32). The number of benzene rings is 3. The minimum Gasteiger partial charge on any atom is -0.488 e. The maximum Gasteiger partial charge on any atom is 0.229 e. The highest BCUT2D eigenvalue weighted by Gasteiger charge is 2.13. The van der Waals surface area contributed by atoms with Crippen LogP contribution in [0.4, 0.5) is 10.2 Å². The number of aromatic nitrogens is 2. The van der Waals surface area contributed by atoms with Gasteiger partial charge in [0.25, 0.3) is 0 Å². The second kappa shape index (κ2) is 10.3. The summed E-state index contributed by atoms with van der Waals surface area (Å²) in [4.78, 5) is 12.4. The Morgan fingerprint density at radius 2 is 1.79 bits per heavy atom. The first-order chi connectivity index (χ1) is 16.0. The number of aryl methyl sites for hydroxylation is 1. The summed E-state index contributed by atoms with van der Waals surface area (Å²) >= 11 is 6.21. The molecule has 4 rings (SSSR count). The predicted octanol–water partition coefficient (Wildman–Crippen LogP) is 5.79. The molecule has 7 heteroatoms. The van der Waals surface area contributed by atoms with Gasteiger partial charge >= 0.3 is 0 Å². The highest BCUT2D eigenvalue weighted by Crippen LogP contribution is 2.26. The number of carbonyl (C=O) groups is 1. The number of hydrogen-bond acceptors (Lipinski definition) is 3. The first-order valence-corrected chi connectivity index (χ1v) is 10.9. The second-order valence-electron chi connectivity index (χ2n) is 7.67. The third-order valence-electron chi connectivity index (χ3n) is 5.14. The topological polar surface area (TPSA) is 56.2 Å². The lowest BCUT2D eigenvalue weighted by molar-refractivity contribution is -0.115. The summed E-state index contributed by atoms with van der Waals surface area (Å²) in [6, 6.07) is 23.1. The van der Waals surface area contributed by atoms with Crippen molar-refractivity contribution in [2.24, 2.45) is 0 Å². The molecule has 0 bridgehead atoms. The van der Waals surface area contributed by atoms with E-state index in [-0.39, 0.29) is 24.8 Å². The van der Waals surface area contributed by atoms with Crippen molar-refractivity contribution in [3.63, 3.8) is 0 Å². The third kappa shape index (κ3) is 5.99. The zero-order chi connectivity index (χ0) is 23.2. The van der Waals surface area contributed by atoms with Gasteiger partial charge in [0, 0.05) is 27.9 Å². The molecular formula is C26H23ClFN3O2. The molecule has 4 aromatic rings. The van der Waals surface area contributed by atoms with Crippen LogP contribution in [0, 0.1) is 12.7 Å². The molecule has 0 aliphatic carbocycles. The molecule has 3 aromatic carbocycles. The van der Waals surface area contributed by atoms with Gasteiger partial charge < -0.3 is 10.1 Å². The van der Waals surface area contributed by atoms with E-state index in [9.17, 15) is 9.18 Å². The largest absolute Gasteiger partial charge is 0.488 e. The molecule has 1 N–H and O–H groups in total. The van der Waals surface area contributed by atoms with E-state index in [0.717, 1.165) is 16.8 Å². The molecule has 1 amide bonds. The molecule has 0 unspecified atom stereocenters. The number of carbonyl (C=O) groups excluding carboxylic acids is 1. The smallest absolute Gasteiger partial charge is 0.229 e. The fourth-order valence-corrected chi connectivity index (χ4v) is 3.64. The third-order valence-corrected chi connectivity index (χ3v) is 5.37. The molecule has 0 radical (unpaired) electrons. The van der Waals surface area contributed by atoms with Crippen LogP contribution in [0.3, 0.4) is 0 Å². The molecule has 0 aliphatic heterocycles. The zero-order valence-corrected chi connectivity index (χ0v) is 18.8. The van der Waals surface area contributed by atoms with Gasteiger partial charge in [0.1, 0.15) is 18.2 Å². The van der Waals surface area contributed by atoms with Gasteiger partial charge in [-0.05, 0) is 36.8 Å². The van der Waals surface area contributed by atoms with E-state index < -0.39 is 0 Å². The molecule has 0 atom stereocenters. The maximum atomic E-state index is 14.0. The van der Waals surface area contributed by atoms with Crippen LogP contribution in [-0.2, 0) is 24.4 Å². The summed E-state index contributed by atoms with van der Waals surface area (Å²) < 4.78 is 21.6. The Kier molecular flexibility index (Phi) is 7.05. The van der Waals surface area contributed by atoms with Crippen LogP contribution in [0.1, 0.15) is 22.4 Å². The SMILES string of the molecule is Cc1cc(NC(=O)Cc2ccccc2)nn1Cc1cc(Cl)ccc1OCc1ccccc1F. The van der Waals surface area contributed by atoms with Crippen LogP contribution in [0.15, 0.2) is 78.9 Å². The molecule has 0 saturated carbocycles. The molecule has 0 spiro atoms. The monoisotopic (exact) mass is 463 g/mol. The van der Waals surface area contributed by atoms with E-state index in [1.165, 1.54) is 6.07 Å². The van der Waals surface area contributed by atoms with Gasteiger partial charge in [0.2, 0.25) is 5.91 Å².